The summed E-state index contributed by atoms with van der Waals surface area (Å²) in [5.74, 6) is 0.574. The van der Waals surface area contributed by atoms with Crippen LogP contribution in [0, 0.1) is 0 Å². The van der Waals surface area contributed by atoms with Crippen LogP contribution in [-0.4, -0.2) is 17.9 Å². The molecule has 2 aromatic carbocycles. The number of amides is 1. The van der Waals surface area contributed by atoms with Crippen LogP contribution in [0.1, 0.15) is 15.9 Å². The molecule has 1 heterocycles. The van der Waals surface area contributed by atoms with Gasteiger partial charge in [0.2, 0.25) is 0 Å². The number of halogens is 1. The number of hydrogen-bond acceptors (Lipinski definition) is 3. The van der Waals surface area contributed by atoms with Gasteiger partial charge in [-0.1, -0.05) is 41.9 Å². The van der Waals surface area contributed by atoms with E-state index in [1.165, 1.54) is 0 Å². The average molecular weight is 352 g/mol. The highest BCUT2D eigenvalue weighted by molar-refractivity contribution is 6.30. The van der Waals surface area contributed by atoms with Crippen molar-refractivity contribution in [3.63, 3.8) is 0 Å². The first kappa shape index (κ1) is 17.0. The first-order valence-corrected chi connectivity index (χ1v) is 8.29. The number of nitrogens with zero attached hydrogens (tertiary/aromatic N) is 2. The molecule has 5 heteroatoms. The van der Waals surface area contributed by atoms with E-state index < -0.39 is 0 Å². The number of anilines is 2. The zero-order chi connectivity index (χ0) is 17.6. The van der Waals surface area contributed by atoms with Gasteiger partial charge in [-0.05, 0) is 42.0 Å². The molecule has 0 fully saturated rings. The molecule has 0 bridgehead atoms. The van der Waals surface area contributed by atoms with Crippen molar-refractivity contribution >= 4 is 29.0 Å². The van der Waals surface area contributed by atoms with Crippen molar-refractivity contribution in [1.29, 1.82) is 0 Å². The van der Waals surface area contributed by atoms with Gasteiger partial charge in [0.15, 0.2) is 0 Å². The van der Waals surface area contributed by atoms with Gasteiger partial charge in [0.05, 0.1) is 0 Å². The Morgan fingerprint density at radius 1 is 1.08 bits per heavy atom. The van der Waals surface area contributed by atoms with Crippen molar-refractivity contribution in [3.05, 3.63) is 89.1 Å². The van der Waals surface area contributed by atoms with Gasteiger partial charge in [-0.15, -0.1) is 0 Å². The molecule has 3 aromatic rings. The summed E-state index contributed by atoms with van der Waals surface area (Å²) in [4.78, 5) is 18.6. The average Bonchev–Trinajstić information content (AvgIpc) is 2.67. The van der Waals surface area contributed by atoms with Gasteiger partial charge in [0, 0.05) is 36.1 Å². The number of benzene rings is 2. The van der Waals surface area contributed by atoms with E-state index in [1.54, 1.807) is 30.3 Å². The predicted molar refractivity (Wildman–Crippen MR) is 102 cm³/mol. The van der Waals surface area contributed by atoms with Crippen LogP contribution in [-0.2, 0) is 6.54 Å². The molecule has 1 amide bonds. The van der Waals surface area contributed by atoms with Gasteiger partial charge in [-0.25, -0.2) is 4.98 Å². The topological polar surface area (TPSA) is 45.2 Å². The highest BCUT2D eigenvalue weighted by atomic mass is 35.5. The lowest BCUT2D eigenvalue weighted by Gasteiger charge is -2.17. The van der Waals surface area contributed by atoms with E-state index in [-0.39, 0.29) is 5.91 Å². The minimum absolute atomic E-state index is 0.0804. The number of carbonyl (C=O) groups is 1. The van der Waals surface area contributed by atoms with Crippen LogP contribution in [0.15, 0.2) is 72.9 Å². The molecule has 126 valence electrons. The smallest absolute Gasteiger partial charge is 0.258 e. The normalized spacial score (nSPS) is 10.3. The van der Waals surface area contributed by atoms with Crippen molar-refractivity contribution in [2.75, 3.05) is 17.3 Å². The molecule has 3 rings (SSSR count). The summed E-state index contributed by atoms with van der Waals surface area (Å²) in [5.41, 5.74) is 2.52. The molecule has 0 radical (unpaired) electrons. The third-order valence-corrected chi connectivity index (χ3v) is 4.09. The van der Waals surface area contributed by atoms with Crippen LogP contribution in [0.25, 0.3) is 0 Å². The lowest BCUT2D eigenvalue weighted by Crippen LogP contribution is -2.26. The monoisotopic (exact) mass is 351 g/mol. The Morgan fingerprint density at radius 3 is 2.52 bits per heavy atom. The molecule has 0 saturated heterocycles. The van der Waals surface area contributed by atoms with Gasteiger partial charge in [0.1, 0.15) is 5.82 Å². The molecule has 1 N–H and O–H groups in total. The summed E-state index contributed by atoms with van der Waals surface area (Å²) in [6, 6.07) is 20.6. The van der Waals surface area contributed by atoms with E-state index in [0.29, 0.717) is 22.9 Å². The minimum Gasteiger partial charge on any atom is -0.366 e. The SMILES string of the molecule is CN(C(=O)c1ccnc(NCc2ccc(Cl)cc2)c1)c1ccccc1. The van der Waals surface area contributed by atoms with Gasteiger partial charge in [0.25, 0.3) is 5.91 Å². The Labute approximate surface area is 152 Å². The molecule has 0 atom stereocenters. The summed E-state index contributed by atoms with van der Waals surface area (Å²) in [6.45, 7) is 0.607. The predicted octanol–water partition coefficient (Wildman–Crippen LogP) is 4.62. The lowest BCUT2D eigenvalue weighted by atomic mass is 10.2. The van der Waals surface area contributed by atoms with Gasteiger partial charge in [-0.2, -0.15) is 0 Å². The zero-order valence-corrected chi connectivity index (χ0v) is 14.6. The molecule has 0 unspecified atom stereocenters. The maximum absolute atomic E-state index is 12.7. The first-order valence-electron chi connectivity index (χ1n) is 7.91. The molecule has 0 saturated carbocycles. The van der Waals surface area contributed by atoms with Gasteiger partial charge >= 0.3 is 0 Å². The fourth-order valence-electron chi connectivity index (χ4n) is 2.42. The number of aromatic nitrogens is 1. The van der Waals surface area contributed by atoms with Crippen molar-refractivity contribution in [1.82, 2.24) is 4.98 Å². The zero-order valence-electron chi connectivity index (χ0n) is 13.8. The third-order valence-electron chi connectivity index (χ3n) is 3.84. The Bertz CT molecular complexity index is 850. The summed E-state index contributed by atoms with van der Waals surface area (Å²) in [7, 11) is 1.76. The van der Waals surface area contributed by atoms with Gasteiger partial charge in [-0.3, -0.25) is 4.79 Å². The van der Waals surface area contributed by atoms with E-state index in [1.807, 2.05) is 54.6 Å². The molecule has 0 aliphatic heterocycles. The third kappa shape index (κ3) is 4.37. The quantitative estimate of drug-likeness (QED) is 0.729. The number of nitrogens with one attached hydrogen (secondary N) is 1. The second-order valence-electron chi connectivity index (χ2n) is 5.61. The lowest BCUT2D eigenvalue weighted by molar-refractivity contribution is 0.0993. The number of para-hydroxylation sites is 1. The summed E-state index contributed by atoms with van der Waals surface area (Å²) >= 11 is 5.89. The number of hydrogen-bond donors (Lipinski definition) is 1. The fraction of sp³-hybridized carbons (Fsp3) is 0.100. The van der Waals surface area contributed by atoms with E-state index in [2.05, 4.69) is 10.3 Å². The molecule has 25 heavy (non-hydrogen) atoms. The Hall–Kier alpha value is -2.85. The standard InChI is InChI=1S/C20H18ClN3O/c1-24(18-5-3-2-4-6-18)20(25)16-11-12-22-19(13-16)23-14-15-7-9-17(21)10-8-15/h2-13H,14H2,1H3,(H,22,23). The fourth-order valence-corrected chi connectivity index (χ4v) is 2.54. The summed E-state index contributed by atoms with van der Waals surface area (Å²) in [6.07, 6.45) is 1.64. The summed E-state index contributed by atoms with van der Waals surface area (Å²) in [5, 5.41) is 3.94. The van der Waals surface area contributed by atoms with Crippen molar-refractivity contribution in [3.8, 4) is 0 Å². The maximum atomic E-state index is 12.7. The molecule has 0 spiro atoms. The molecule has 0 aliphatic carbocycles. The highest BCUT2D eigenvalue weighted by Gasteiger charge is 2.13. The van der Waals surface area contributed by atoms with E-state index in [0.717, 1.165) is 11.3 Å². The van der Waals surface area contributed by atoms with Gasteiger partial charge < -0.3 is 10.2 Å². The van der Waals surface area contributed by atoms with Crippen molar-refractivity contribution in [2.45, 2.75) is 6.54 Å². The Kier molecular flexibility index (Phi) is 5.31. The number of carbonyl (C=O) groups excluding carboxylic acids is 1. The maximum Gasteiger partial charge on any atom is 0.258 e. The van der Waals surface area contributed by atoms with E-state index in [4.69, 9.17) is 11.6 Å². The number of pyridine rings is 1. The molecule has 1 aromatic heterocycles. The van der Waals surface area contributed by atoms with Crippen LogP contribution in [0.3, 0.4) is 0 Å². The molecular formula is C20H18ClN3O. The molecule has 4 nitrogen and oxygen atoms in total. The van der Waals surface area contributed by atoms with Crippen LogP contribution in [0.5, 0.6) is 0 Å². The number of rotatable bonds is 5. The van der Waals surface area contributed by atoms with Crippen LogP contribution in [0.2, 0.25) is 5.02 Å². The second kappa shape index (κ2) is 7.81. The minimum atomic E-state index is -0.0804. The Morgan fingerprint density at radius 2 is 1.80 bits per heavy atom. The first-order chi connectivity index (χ1) is 12.1. The summed E-state index contributed by atoms with van der Waals surface area (Å²) < 4.78 is 0. The van der Waals surface area contributed by atoms with Crippen LogP contribution < -0.4 is 10.2 Å². The second-order valence-corrected chi connectivity index (χ2v) is 6.05. The van der Waals surface area contributed by atoms with E-state index in [9.17, 15) is 4.79 Å². The van der Waals surface area contributed by atoms with Crippen molar-refractivity contribution < 1.29 is 4.79 Å². The van der Waals surface area contributed by atoms with Crippen molar-refractivity contribution in [2.24, 2.45) is 0 Å². The molecule has 0 aliphatic rings. The Balaban J connectivity index is 1.70. The van der Waals surface area contributed by atoms with E-state index >= 15 is 0 Å². The largest absolute Gasteiger partial charge is 0.366 e. The molecular weight excluding hydrogens is 334 g/mol. The van der Waals surface area contributed by atoms with Crippen LogP contribution in [0.4, 0.5) is 11.5 Å². The van der Waals surface area contributed by atoms with Crippen LogP contribution >= 0.6 is 11.6 Å². The highest BCUT2D eigenvalue weighted by Crippen LogP contribution is 2.17.